The van der Waals surface area contributed by atoms with Gasteiger partial charge >= 0.3 is 0 Å². The highest BCUT2D eigenvalue weighted by Gasteiger charge is 2.64. The smallest absolute Gasteiger partial charge is 0.240 e. The average molecular weight is 461 g/mol. The van der Waals surface area contributed by atoms with Crippen LogP contribution in [0.1, 0.15) is 26.8 Å². The van der Waals surface area contributed by atoms with Gasteiger partial charge in [-0.1, -0.05) is 41.9 Å². The van der Waals surface area contributed by atoms with E-state index in [1.165, 1.54) is 16.2 Å². The summed E-state index contributed by atoms with van der Waals surface area (Å²) in [5, 5.41) is 2.37. The van der Waals surface area contributed by atoms with Crippen molar-refractivity contribution in [1.29, 1.82) is 0 Å². The van der Waals surface area contributed by atoms with Gasteiger partial charge in [-0.25, -0.2) is 4.90 Å². The van der Waals surface area contributed by atoms with E-state index in [1.54, 1.807) is 30.3 Å². The van der Waals surface area contributed by atoms with Gasteiger partial charge in [-0.3, -0.25) is 14.4 Å². The number of thiophene rings is 1. The van der Waals surface area contributed by atoms with Crippen molar-refractivity contribution in [2.24, 2.45) is 11.8 Å². The van der Waals surface area contributed by atoms with Gasteiger partial charge in [0, 0.05) is 11.2 Å². The van der Waals surface area contributed by atoms with E-state index in [2.05, 4.69) is 0 Å². The van der Waals surface area contributed by atoms with Crippen LogP contribution in [0.25, 0.3) is 6.08 Å². The van der Waals surface area contributed by atoms with Gasteiger partial charge in [0.1, 0.15) is 6.04 Å². The molecule has 7 heteroatoms. The minimum absolute atomic E-state index is 0.124. The number of carbonyl (C=O) groups excluding carboxylic acids is 3. The number of anilines is 1. The Labute approximate surface area is 193 Å². The highest BCUT2D eigenvalue weighted by Crippen LogP contribution is 2.53. The second-order valence-electron chi connectivity index (χ2n) is 8.16. The second-order valence-corrected chi connectivity index (χ2v) is 9.55. The molecule has 2 amide bonds. The molecule has 0 saturated carbocycles. The molecule has 6 rings (SSSR count). The fraction of sp³-hybridized carbons (Fsp3) is 0.160. The molecule has 1 aromatic heterocycles. The number of halogens is 1. The van der Waals surface area contributed by atoms with Gasteiger partial charge in [0.25, 0.3) is 0 Å². The third-order valence-corrected chi connectivity index (χ3v) is 7.72. The first-order valence-electron chi connectivity index (χ1n) is 10.3. The molecule has 3 aromatic rings. The van der Waals surface area contributed by atoms with E-state index in [0.29, 0.717) is 15.6 Å². The van der Waals surface area contributed by atoms with Crippen molar-refractivity contribution in [2.45, 2.75) is 12.1 Å². The molecule has 0 N–H and O–H groups in total. The topological polar surface area (TPSA) is 57.7 Å². The van der Waals surface area contributed by atoms with Gasteiger partial charge in [-0.2, -0.15) is 0 Å². The number of hydrogen-bond acceptors (Lipinski definition) is 5. The summed E-state index contributed by atoms with van der Waals surface area (Å²) >= 11 is 7.36. The van der Waals surface area contributed by atoms with E-state index >= 15 is 0 Å². The molecule has 0 spiro atoms. The minimum Gasteiger partial charge on any atom is -0.358 e. The molecule has 4 atom stereocenters. The molecule has 158 valence electrons. The highest BCUT2D eigenvalue weighted by atomic mass is 35.5. The highest BCUT2D eigenvalue weighted by molar-refractivity contribution is 7.12. The Morgan fingerprint density at radius 2 is 1.66 bits per heavy atom. The van der Waals surface area contributed by atoms with Crippen LogP contribution in [-0.4, -0.2) is 28.5 Å². The molecule has 2 saturated heterocycles. The first-order chi connectivity index (χ1) is 15.6. The predicted octanol–water partition coefficient (Wildman–Crippen LogP) is 4.80. The number of hydrogen-bond donors (Lipinski definition) is 0. The summed E-state index contributed by atoms with van der Waals surface area (Å²) in [4.78, 5) is 44.8. The number of Topliss-reactive ketones (excluding diaryl/α,β-unsaturated/α-hetero) is 1. The fourth-order valence-corrected chi connectivity index (χ4v) is 6.09. The molecule has 0 bridgehead atoms. The summed E-state index contributed by atoms with van der Waals surface area (Å²) in [6.45, 7) is 0. The maximum atomic E-state index is 13.7. The van der Waals surface area contributed by atoms with E-state index < -0.39 is 17.9 Å². The average Bonchev–Trinajstić information content (AvgIpc) is 3.51. The molecular formula is C25H17ClN2O3S. The molecule has 32 heavy (non-hydrogen) atoms. The quantitative estimate of drug-likeness (QED) is 0.416. The number of nitrogens with zero attached hydrogens (tertiary/aromatic N) is 2. The second kappa shape index (κ2) is 7.15. The summed E-state index contributed by atoms with van der Waals surface area (Å²) in [5.74, 6) is -2.13. The summed E-state index contributed by atoms with van der Waals surface area (Å²) in [7, 11) is 0. The van der Waals surface area contributed by atoms with Crippen LogP contribution in [0, 0.1) is 11.8 Å². The van der Waals surface area contributed by atoms with Crippen molar-refractivity contribution in [3.8, 4) is 0 Å². The van der Waals surface area contributed by atoms with Gasteiger partial charge in [0.15, 0.2) is 5.78 Å². The zero-order valence-electron chi connectivity index (χ0n) is 16.7. The maximum Gasteiger partial charge on any atom is 0.240 e. The number of benzene rings is 2. The lowest BCUT2D eigenvalue weighted by Crippen LogP contribution is -2.44. The van der Waals surface area contributed by atoms with Gasteiger partial charge < -0.3 is 4.90 Å². The lowest BCUT2D eigenvalue weighted by atomic mass is 9.84. The molecule has 0 radical (unpaired) electrons. The molecule has 5 nitrogen and oxygen atoms in total. The third kappa shape index (κ3) is 2.66. The maximum absolute atomic E-state index is 13.7. The van der Waals surface area contributed by atoms with Crippen molar-refractivity contribution >= 4 is 52.3 Å². The van der Waals surface area contributed by atoms with Gasteiger partial charge in [0.2, 0.25) is 11.8 Å². The van der Waals surface area contributed by atoms with Gasteiger partial charge in [-0.05, 0) is 52.9 Å². The van der Waals surface area contributed by atoms with Crippen LogP contribution in [0.2, 0.25) is 5.02 Å². The Morgan fingerprint density at radius 3 is 2.41 bits per heavy atom. The van der Waals surface area contributed by atoms with Crippen LogP contribution in [-0.2, 0) is 9.59 Å². The first kappa shape index (κ1) is 19.5. The number of carbonyl (C=O) groups is 3. The minimum atomic E-state index is -0.756. The zero-order valence-corrected chi connectivity index (χ0v) is 18.3. The molecule has 0 aliphatic carbocycles. The number of imide groups is 1. The van der Waals surface area contributed by atoms with Crippen molar-refractivity contribution in [3.05, 3.63) is 93.3 Å². The molecule has 3 aliphatic heterocycles. The van der Waals surface area contributed by atoms with E-state index in [9.17, 15) is 14.4 Å². The summed E-state index contributed by atoms with van der Waals surface area (Å²) in [5.41, 5.74) is 2.44. The van der Waals surface area contributed by atoms with Crippen molar-refractivity contribution < 1.29 is 14.4 Å². The lowest BCUT2D eigenvalue weighted by Gasteiger charge is -2.35. The Kier molecular flexibility index (Phi) is 4.35. The third-order valence-electron chi connectivity index (χ3n) is 6.58. The van der Waals surface area contributed by atoms with Crippen LogP contribution in [0.3, 0.4) is 0 Å². The van der Waals surface area contributed by atoms with E-state index in [1.807, 2.05) is 52.9 Å². The standard InChI is InChI=1S/C25H17ClN2O3S/c26-15-7-9-16(10-8-15)28-24(30)19-20(25(28)31)22(23(29)18-6-3-13-32-18)27-12-11-14-4-1-2-5-17(14)21(19)27/h1-13,19-22H/t19-,20+,21-,22-/m0/s1. The SMILES string of the molecule is O=C(c1cccs1)[C@@H]1[C@@H]2C(=O)N(c3ccc(Cl)cc3)C(=O)[C@@H]2[C@@H]2c3ccccc3C=CN12. The number of rotatable bonds is 3. The molecular weight excluding hydrogens is 444 g/mol. The molecule has 0 unspecified atom stereocenters. The molecule has 4 heterocycles. The van der Waals surface area contributed by atoms with E-state index in [-0.39, 0.29) is 23.6 Å². The van der Waals surface area contributed by atoms with Gasteiger partial charge in [-0.15, -0.1) is 11.3 Å². The Hall–Kier alpha value is -3.22. The molecule has 2 fully saturated rings. The summed E-state index contributed by atoms with van der Waals surface area (Å²) in [6, 6.07) is 17.0. The van der Waals surface area contributed by atoms with Crippen LogP contribution in [0.5, 0.6) is 0 Å². The van der Waals surface area contributed by atoms with Crippen LogP contribution in [0.15, 0.2) is 72.2 Å². The van der Waals surface area contributed by atoms with Crippen molar-refractivity contribution in [3.63, 3.8) is 0 Å². The van der Waals surface area contributed by atoms with Crippen LogP contribution < -0.4 is 4.90 Å². The van der Waals surface area contributed by atoms with Crippen LogP contribution in [0.4, 0.5) is 5.69 Å². The van der Waals surface area contributed by atoms with Gasteiger partial charge in [0.05, 0.1) is 28.4 Å². The normalized spacial score (nSPS) is 25.7. The predicted molar refractivity (Wildman–Crippen MR) is 123 cm³/mol. The largest absolute Gasteiger partial charge is 0.358 e. The zero-order chi connectivity index (χ0) is 22.0. The summed E-state index contributed by atoms with van der Waals surface area (Å²) < 4.78 is 0. The Balaban J connectivity index is 1.50. The van der Waals surface area contributed by atoms with Crippen molar-refractivity contribution in [2.75, 3.05) is 4.90 Å². The monoisotopic (exact) mass is 460 g/mol. The number of amides is 2. The van der Waals surface area contributed by atoms with E-state index in [0.717, 1.165) is 11.1 Å². The van der Waals surface area contributed by atoms with Crippen LogP contribution >= 0.6 is 22.9 Å². The fourth-order valence-electron chi connectivity index (χ4n) is 5.27. The first-order valence-corrected chi connectivity index (χ1v) is 11.6. The number of ketones is 1. The van der Waals surface area contributed by atoms with Crippen molar-refractivity contribution in [1.82, 2.24) is 4.90 Å². The Bertz CT molecular complexity index is 1280. The molecule has 3 aliphatic rings. The summed E-state index contributed by atoms with van der Waals surface area (Å²) in [6.07, 6.45) is 3.82. The number of fused-ring (bicyclic) bond motifs is 5. The molecule has 2 aromatic carbocycles. The van der Waals surface area contributed by atoms with E-state index in [4.69, 9.17) is 11.6 Å². The Morgan fingerprint density at radius 1 is 0.906 bits per heavy atom. The lowest BCUT2D eigenvalue weighted by molar-refractivity contribution is -0.123.